The zero-order valence-electron chi connectivity index (χ0n) is 12.1. The normalized spacial score (nSPS) is 12.3. The summed E-state index contributed by atoms with van der Waals surface area (Å²) in [5.41, 5.74) is 2.08. The Morgan fingerprint density at radius 1 is 1.40 bits per heavy atom. The molecule has 0 aliphatic rings. The third-order valence-electron chi connectivity index (χ3n) is 3.29. The summed E-state index contributed by atoms with van der Waals surface area (Å²) in [6, 6.07) is 7.55. The van der Waals surface area contributed by atoms with E-state index in [0.717, 1.165) is 17.8 Å². The molecule has 1 unspecified atom stereocenters. The van der Waals surface area contributed by atoms with E-state index in [4.69, 9.17) is 4.74 Å². The van der Waals surface area contributed by atoms with E-state index in [1.54, 1.807) is 13.2 Å². The van der Waals surface area contributed by atoms with Gasteiger partial charge in [0.1, 0.15) is 0 Å². The van der Waals surface area contributed by atoms with Gasteiger partial charge in [0.15, 0.2) is 11.5 Å². The van der Waals surface area contributed by atoms with Crippen LogP contribution < -0.4 is 10.1 Å². The second-order valence-corrected chi connectivity index (χ2v) is 4.71. The minimum absolute atomic E-state index is 0.158. The molecule has 1 heterocycles. The number of aromatic nitrogens is 2. The third-order valence-corrected chi connectivity index (χ3v) is 3.29. The van der Waals surface area contributed by atoms with Crippen LogP contribution >= 0.6 is 0 Å². The summed E-state index contributed by atoms with van der Waals surface area (Å²) in [4.78, 5) is 0. The first-order chi connectivity index (χ1) is 9.63. The van der Waals surface area contributed by atoms with Crippen molar-refractivity contribution >= 4 is 0 Å². The van der Waals surface area contributed by atoms with Crippen LogP contribution in [0, 0.1) is 0 Å². The first kappa shape index (κ1) is 14.4. The summed E-state index contributed by atoms with van der Waals surface area (Å²) in [6.07, 6.45) is 1.98. The Balaban J connectivity index is 1.97. The van der Waals surface area contributed by atoms with Crippen LogP contribution in [0.5, 0.6) is 11.5 Å². The van der Waals surface area contributed by atoms with E-state index < -0.39 is 0 Å². The summed E-state index contributed by atoms with van der Waals surface area (Å²) in [5.74, 6) is 0.651. The van der Waals surface area contributed by atoms with E-state index in [9.17, 15) is 5.11 Å². The molecule has 1 aromatic heterocycles. The molecule has 0 spiro atoms. The third kappa shape index (κ3) is 3.30. The monoisotopic (exact) mass is 275 g/mol. The molecule has 2 aromatic rings. The summed E-state index contributed by atoms with van der Waals surface area (Å²) in [5, 5.41) is 17.5. The van der Waals surface area contributed by atoms with E-state index in [0.29, 0.717) is 12.3 Å². The second kappa shape index (κ2) is 6.43. The van der Waals surface area contributed by atoms with Crippen LogP contribution in [0.25, 0.3) is 0 Å². The Labute approximate surface area is 119 Å². The van der Waals surface area contributed by atoms with E-state index >= 15 is 0 Å². The fourth-order valence-corrected chi connectivity index (χ4v) is 1.99. The van der Waals surface area contributed by atoms with Crippen molar-refractivity contribution < 1.29 is 9.84 Å². The number of phenolic OH excluding ortho intramolecular Hbond substituents is 1. The van der Waals surface area contributed by atoms with Gasteiger partial charge in [-0.25, -0.2) is 0 Å². The molecule has 0 saturated heterocycles. The van der Waals surface area contributed by atoms with Gasteiger partial charge in [-0.15, -0.1) is 0 Å². The minimum atomic E-state index is 0.158. The van der Waals surface area contributed by atoms with Gasteiger partial charge in [-0.05, 0) is 37.6 Å². The average Bonchev–Trinajstić information content (AvgIpc) is 2.95. The van der Waals surface area contributed by atoms with Crippen LogP contribution in [0.2, 0.25) is 0 Å². The highest BCUT2D eigenvalue weighted by atomic mass is 16.5. The molecule has 5 heteroatoms. The van der Waals surface area contributed by atoms with Crippen LogP contribution in [0.4, 0.5) is 0 Å². The van der Waals surface area contributed by atoms with Crippen LogP contribution in [0.15, 0.2) is 30.5 Å². The van der Waals surface area contributed by atoms with Crippen molar-refractivity contribution in [1.82, 2.24) is 15.1 Å². The van der Waals surface area contributed by atoms with Gasteiger partial charge < -0.3 is 15.2 Å². The number of hydrogen-bond acceptors (Lipinski definition) is 4. The highest BCUT2D eigenvalue weighted by Crippen LogP contribution is 2.26. The highest BCUT2D eigenvalue weighted by molar-refractivity contribution is 5.41. The number of ether oxygens (including phenoxy) is 1. The van der Waals surface area contributed by atoms with Gasteiger partial charge in [-0.3, -0.25) is 4.68 Å². The maximum atomic E-state index is 9.56. The van der Waals surface area contributed by atoms with Gasteiger partial charge in [-0.1, -0.05) is 6.07 Å². The summed E-state index contributed by atoms with van der Waals surface area (Å²) >= 11 is 0. The van der Waals surface area contributed by atoms with E-state index in [1.807, 2.05) is 29.1 Å². The van der Waals surface area contributed by atoms with Crippen LogP contribution in [0.1, 0.15) is 31.1 Å². The van der Waals surface area contributed by atoms with Crippen molar-refractivity contribution in [1.29, 1.82) is 0 Å². The lowest BCUT2D eigenvalue weighted by Gasteiger charge is -2.12. The molecule has 0 radical (unpaired) electrons. The van der Waals surface area contributed by atoms with Crippen molar-refractivity contribution in [2.24, 2.45) is 0 Å². The molecule has 1 atom stereocenters. The zero-order valence-corrected chi connectivity index (χ0v) is 12.1. The molecule has 108 valence electrons. The number of aryl methyl sites for hydroxylation is 1. The minimum Gasteiger partial charge on any atom is -0.504 e. The van der Waals surface area contributed by atoms with Gasteiger partial charge >= 0.3 is 0 Å². The Bertz CT molecular complexity index is 566. The summed E-state index contributed by atoms with van der Waals surface area (Å²) in [7, 11) is 1.55. The molecular weight excluding hydrogens is 254 g/mol. The smallest absolute Gasteiger partial charge is 0.160 e. The number of rotatable bonds is 6. The fourth-order valence-electron chi connectivity index (χ4n) is 1.99. The van der Waals surface area contributed by atoms with Gasteiger partial charge in [0, 0.05) is 25.3 Å². The second-order valence-electron chi connectivity index (χ2n) is 4.71. The van der Waals surface area contributed by atoms with Crippen LogP contribution in [0.3, 0.4) is 0 Å². The van der Waals surface area contributed by atoms with E-state index in [2.05, 4.69) is 24.3 Å². The molecule has 0 aliphatic heterocycles. The SMILES string of the molecule is CCn1ccc(C(C)NCc2ccc(O)c(OC)c2)n1. The van der Waals surface area contributed by atoms with Gasteiger partial charge in [0.25, 0.3) is 0 Å². The molecule has 0 fully saturated rings. The number of aromatic hydroxyl groups is 1. The largest absolute Gasteiger partial charge is 0.504 e. The van der Waals surface area contributed by atoms with Crippen molar-refractivity contribution in [3.8, 4) is 11.5 Å². The molecular formula is C15H21N3O2. The number of nitrogens with zero attached hydrogens (tertiary/aromatic N) is 2. The van der Waals surface area contributed by atoms with Crippen LogP contribution in [-0.2, 0) is 13.1 Å². The maximum absolute atomic E-state index is 9.56. The Morgan fingerprint density at radius 2 is 2.20 bits per heavy atom. The lowest BCUT2D eigenvalue weighted by molar-refractivity contribution is 0.372. The van der Waals surface area contributed by atoms with Crippen LogP contribution in [-0.4, -0.2) is 22.0 Å². The zero-order chi connectivity index (χ0) is 14.5. The molecule has 20 heavy (non-hydrogen) atoms. The quantitative estimate of drug-likeness (QED) is 0.850. The van der Waals surface area contributed by atoms with Crippen molar-refractivity contribution in [3.63, 3.8) is 0 Å². The van der Waals surface area contributed by atoms with Gasteiger partial charge in [0.05, 0.1) is 12.8 Å². The molecule has 0 saturated carbocycles. The number of nitrogens with one attached hydrogen (secondary N) is 1. The number of methoxy groups -OCH3 is 1. The van der Waals surface area contributed by atoms with E-state index in [-0.39, 0.29) is 11.8 Å². The number of benzene rings is 1. The lowest BCUT2D eigenvalue weighted by atomic mass is 10.1. The maximum Gasteiger partial charge on any atom is 0.160 e. The molecule has 0 amide bonds. The standard InChI is InChI=1S/C15H21N3O2/c1-4-18-8-7-13(17-18)11(2)16-10-12-5-6-14(19)15(9-12)20-3/h5-9,11,16,19H,4,10H2,1-3H3. The average molecular weight is 275 g/mol. The van der Waals surface area contributed by atoms with Crippen molar-refractivity contribution in [3.05, 3.63) is 41.7 Å². The molecule has 0 aliphatic carbocycles. The predicted molar refractivity (Wildman–Crippen MR) is 77.8 cm³/mol. The molecule has 2 rings (SSSR count). The molecule has 1 aromatic carbocycles. The fraction of sp³-hybridized carbons (Fsp3) is 0.400. The molecule has 0 bridgehead atoms. The van der Waals surface area contributed by atoms with E-state index in [1.165, 1.54) is 0 Å². The Morgan fingerprint density at radius 3 is 2.85 bits per heavy atom. The first-order valence-corrected chi connectivity index (χ1v) is 6.76. The molecule has 2 N–H and O–H groups in total. The number of phenols is 1. The van der Waals surface area contributed by atoms with Gasteiger partial charge in [0.2, 0.25) is 0 Å². The van der Waals surface area contributed by atoms with Crippen molar-refractivity contribution in [2.45, 2.75) is 33.0 Å². The van der Waals surface area contributed by atoms with Crippen molar-refractivity contribution in [2.75, 3.05) is 7.11 Å². The topological polar surface area (TPSA) is 59.3 Å². The molecule has 5 nitrogen and oxygen atoms in total. The Hall–Kier alpha value is -2.01. The highest BCUT2D eigenvalue weighted by Gasteiger charge is 2.09. The predicted octanol–water partition coefficient (Wildman–Crippen LogP) is 2.47. The lowest BCUT2D eigenvalue weighted by Crippen LogP contribution is -2.18. The summed E-state index contributed by atoms with van der Waals surface area (Å²) < 4.78 is 7.02. The number of hydrogen-bond donors (Lipinski definition) is 2. The first-order valence-electron chi connectivity index (χ1n) is 6.76. The van der Waals surface area contributed by atoms with Gasteiger partial charge in [-0.2, -0.15) is 5.10 Å². The summed E-state index contributed by atoms with van der Waals surface area (Å²) in [6.45, 7) is 5.72. The Kier molecular flexibility index (Phi) is 4.63.